The van der Waals surface area contributed by atoms with Crippen molar-refractivity contribution in [3.05, 3.63) is 0 Å². The highest BCUT2D eigenvalue weighted by Gasteiger charge is 2.31. The van der Waals surface area contributed by atoms with Crippen LogP contribution in [0.3, 0.4) is 0 Å². The van der Waals surface area contributed by atoms with E-state index in [-0.39, 0.29) is 5.92 Å². The molecule has 0 saturated heterocycles. The summed E-state index contributed by atoms with van der Waals surface area (Å²) in [5.74, 6) is 1.52. The van der Waals surface area contributed by atoms with Crippen molar-refractivity contribution < 1.29 is 4.79 Å². The van der Waals surface area contributed by atoms with E-state index >= 15 is 0 Å². The molecule has 0 aromatic carbocycles. The minimum absolute atomic E-state index is 0.117. The second kappa shape index (κ2) is 7.28. The Kier molecular flexibility index (Phi) is 6.31. The Hall–Kier alpha value is -0.570. The van der Waals surface area contributed by atoms with Crippen LogP contribution in [-0.2, 0) is 4.79 Å². The van der Waals surface area contributed by atoms with E-state index in [4.69, 9.17) is 5.73 Å². The lowest BCUT2D eigenvalue weighted by atomic mass is 9.78. The smallest absolute Gasteiger partial charge is 0.225 e. The fourth-order valence-electron chi connectivity index (χ4n) is 3.30. The Morgan fingerprint density at radius 2 is 1.89 bits per heavy atom. The highest BCUT2D eigenvalue weighted by atomic mass is 16.2. The summed E-state index contributed by atoms with van der Waals surface area (Å²) in [4.78, 5) is 14.5. The molecule has 2 N–H and O–H groups in total. The highest BCUT2D eigenvalue weighted by Crippen LogP contribution is 2.30. The molecule has 0 spiro atoms. The summed E-state index contributed by atoms with van der Waals surface area (Å²) >= 11 is 0. The zero-order valence-electron chi connectivity index (χ0n) is 13.4. The normalized spacial score (nSPS) is 27.1. The number of amides is 1. The summed E-state index contributed by atoms with van der Waals surface area (Å²) < 4.78 is 0. The third kappa shape index (κ3) is 4.79. The Bertz CT molecular complexity index is 290. The summed E-state index contributed by atoms with van der Waals surface area (Å²) in [7, 11) is 1.95. The van der Waals surface area contributed by atoms with Crippen LogP contribution in [0.25, 0.3) is 0 Å². The molecule has 1 amide bonds. The number of nitrogens with two attached hydrogens (primary N) is 1. The maximum atomic E-state index is 12.6. The van der Waals surface area contributed by atoms with Gasteiger partial charge in [0.05, 0.1) is 0 Å². The number of carbonyl (C=O) groups excluding carboxylic acids is 1. The fraction of sp³-hybridized carbons (Fsp3) is 0.938. The molecule has 1 rings (SSSR count). The van der Waals surface area contributed by atoms with Crippen molar-refractivity contribution in [2.75, 3.05) is 7.05 Å². The maximum Gasteiger partial charge on any atom is 0.225 e. The number of rotatable bonds is 5. The topological polar surface area (TPSA) is 46.3 Å². The van der Waals surface area contributed by atoms with Gasteiger partial charge in [-0.25, -0.2) is 0 Å². The van der Waals surface area contributed by atoms with Crippen LogP contribution >= 0.6 is 0 Å². The lowest BCUT2D eigenvalue weighted by Gasteiger charge is -2.35. The Balaban J connectivity index is 2.55. The molecular formula is C16H32N2O. The third-order valence-electron chi connectivity index (χ3n) is 4.67. The van der Waals surface area contributed by atoms with Gasteiger partial charge in [-0.2, -0.15) is 0 Å². The lowest BCUT2D eigenvalue weighted by molar-refractivity contribution is -0.138. The molecule has 0 bridgehead atoms. The van der Waals surface area contributed by atoms with Crippen molar-refractivity contribution in [2.24, 2.45) is 23.5 Å². The third-order valence-corrected chi connectivity index (χ3v) is 4.67. The van der Waals surface area contributed by atoms with E-state index in [1.165, 1.54) is 6.42 Å². The lowest BCUT2D eigenvalue weighted by Crippen LogP contribution is -2.43. The second-order valence-electron chi connectivity index (χ2n) is 6.90. The van der Waals surface area contributed by atoms with Crippen LogP contribution in [0.1, 0.15) is 59.8 Å². The van der Waals surface area contributed by atoms with E-state index in [0.29, 0.717) is 29.8 Å². The first-order valence-electron chi connectivity index (χ1n) is 7.85. The minimum atomic E-state index is 0.117. The van der Waals surface area contributed by atoms with Gasteiger partial charge >= 0.3 is 0 Å². The van der Waals surface area contributed by atoms with E-state index in [1.54, 1.807) is 0 Å². The number of hydrogen-bond acceptors (Lipinski definition) is 2. The SMILES string of the molecule is CC(C)CC(C)N(C)C(=O)C(C)C1CCCC(N)C1. The molecule has 0 aliphatic heterocycles. The average Bonchev–Trinajstić information content (AvgIpc) is 2.35. The zero-order valence-corrected chi connectivity index (χ0v) is 13.4. The van der Waals surface area contributed by atoms with Crippen molar-refractivity contribution in [2.45, 2.75) is 71.9 Å². The molecule has 0 aromatic heterocycles. The van der Waals surface area contributed by atoms with E-state index in [1.807, 2.05) is 11.9 Å². The summed E-state index contributed by atoms with van der Waals surface area (Å²) in [5.41, 5.74) is 6.04. The predicted molar refractivity (Wildman–Crippen MR) is 80.8 cm³/mol. The van der Waals surface area contributed by atoms with Crippen LogP contribution in [0, 0.1) is 17.8 Å². The van der Waals surface area contributed by atoms with E-state index in [9.17, 15) is 4.79 Å². The molecule has 3 heteroatoms. The van der Waals surface area contributed by atoms with Gasteiger partial charge in [-0.1, -0.05) is 27.2 Å². The molecule has 112 valence electrons. The van der Waals surface area contributed by atoms with Gasteiger partial charge in [-0.05, 0) is 44.4 Å². The molecule has 19 heavy (non-hydrogen) atoms. The van der Waals surface area contributed by atoms with Gasteiger partial charge in [-0.3, -0.25) is 4.79 Å². The summed E-state index contributed by atoms with van der Waals surface area (Å²) in [6, 6.07) is 0.625. The van der Waals surface area contributed by atoms with Crippen molar-refractivity contribution in [1.82, 2.24) is 4.90 Å². The van der Waals surface area contributed by atoms with Crippen molar-refractivity contribution in [1.29, 1.82) is 0 Å². The molecule has 1 aliphatic rings. The second-order valence-corrected chi connectivity index (χ2v) is 6.90. The van der Waals surface area contributed by atoms with Gasteiger partial charge in [0.2, 0.25) is 5.91 Å². The van der Waals surface area contributed by atoms with E-state index in [0.717, 1.165) is 25.7 Å². The van der Waals surface area contributed by atoms with Crippen LogP contribution in [0.15, 0.2) is 0 Å². The van der Waals surface area contributed by atoms with Gasteiger partial charge in [0.1, 0.15) is 0 Å². The van der Waals surface area contributed by atoms with Crippen LogP contribution in [0.4, 0.5) is 0 Å². The standard InChI is InChI=1S/C16H32N2O/c1-11(2)9-12(3)18(5)16(19)13(4)14-7-6-8-15(17)10-14/h11-15H,6-10,17H2,1-5H3. The first-order valence-corrected chi connectivity index (χ1v) is 7.85. The summed E-state index contributed by atoms with van der Waals surface area (Å²) in [6.45, 7) is 8.65. The first kappa shape index (κ1) is 16.5. The molecule has 1 fully saturated rings. The fourth-order valence-corrected chi connectivity index (χ4v) is 3.30. The number of hydrogen-bond donors (Lipinski definition) is 1. The van der Waals surface area contributed by atoms with Crippen molar-refractivity contribution >= 4 is 5.91 Å². The first-order chi connectivity index (χ1) is 8.82. The molecule has 1 saturated carbocycles. The van der Waals surface area contributed by atoms with Crippen molar-refractivity contribution in [3.63, 3.8) is 0 Å². The predicted octanol–water partition coefficient (Wildman–Crippen LogP) is 3.03. The summed E-state index contributed by atoms with van der Waals surface area (Å²) in [5, 5.41) is 0. The van der Waals surface area contributed by atoms with E-state index < -0.39 is 0 Å². The van der Waals surface area contributed by atoms with E-state index in [2.05, 4.69) is 27.7 Å². The van der Waals surface area contributed by atoms with Crippen molar-refractivity contribution in [3.8, 4) is 0 Å². The number of nitrogens with zero attached hydrogens (tertiary/aromatic N) is 1. The van der Waals surface area contributed by atoms with Gasteiger partial charge < -0.3 is 10.6 Å². The maximum absolute atomic E-state index is 12.6. The van der Waals surface area contributed by atoms with Crippen LogP contribution < -0.4 is 5.73 Å². The molecule has 4 unspecified atom stereocenters. The van der Waals surface area contributed by atoms with Gasteiger partial charge in [-0.15, -0.1) is 0 Å². The average molecular weight is 268 g/mol. The number of carbonyl (C=O) groups is 1. The molecule has 0 heterocycles. The molecule has 1 aliphatic carbocycles. The Morgan fingerprint density at radius 3 is 2.42 bits per heavy atom. The largest absolute Gasteiger partial charge is 0.343 e. The highest BCUT2D eigenvalue weighted by molar-refractivity contribution is 5.78. The monoisotopic (exact) mass is 268 g/mol. The van der Waals surface area contributed by atoms with Crippen LogP contribution in [0.5, 0.6) is 0 Å². The molecule has 3 nitrogen and oxygen atoms in total. The quantitative estimate of drug-likeness (QED) is 0.833. The molecule has 4 atom stereocenters. The van der Waals surface area contributed by atoms with Crippen LogP contribution in [0.2, 0.25) is 0 Å². The Labute approximate surface area is 118 Å². The molecule has 0 radical (unpaired) electrons. The molecule has 0 aromatic rings. The summed E-state index contributed by atoms with van der Waals surface area (Å²) in [6.07, 6.45) is 5.54. The Morgan fingerprint density at radius 1 is 1.26 bits per heavy atom. The molecular weight excluding hydrogens is 236 g/mol. The zero-order chi connectivity index (χ0) is 14.6. The minimum Gasteiger partial charge on any atom is -0.343 e. The van der Waals surface area contributed by atoms with Gasteiger partial charge in [0.15, 0.2) is 0 Å². The van der Waals surface area contributed by atoms with Gasteiger partial charge in [0.25, 0.3) is 0 Å². The van der Waals surface area contributed by atoms with Crippen LogP contribution in [-0.4, -0.2) is 29.9 Å². The van der Waals surface area contributed by atoms with Gasteiger partial charge in [0, 0.05) is 25.0 Å².